The predicted octanol–water partition coefficient (Wildman–Crippen LogP) is 1.99. The van der Waals surface area contributed by atoms with Crippen molar-refractivity contribution in [2.45, 2.75) is 45.3 Å². The third kappa shape index (κ3) is 3.87. The smallest absolute Gasteiger partial charge is 0.144 e. The molecule has 0 aliphatic heterocycles. The standard InChI is InChI=1S/C12H21N3O/c1-9-7-14-11(15-8-9)10(13)5-6-12(2,3)16-4/h7-8,10H,5-6,13H2,1-4H3. The van der Waals surface area contributed by atoms with E-state index in [1.165, 1.54) is 0 Å². The first-order valence-electron chi connectivity index (χ1n) is 5.54. The van der Waals surface area contributed by atoms with Gasteiger partial charge in [-0.1, -0.05) is 0 Å². The van der Waals surface area contributed by atoms with E-state index in [2.05, 4.69) is 23.8 Å². The van der Waals surface area contributed by atoms with Crippen LogP contribution in [0.25, 0.3) is 0 Å². The number of nitrogens with two attached hydrogens (primary N) is 1. The van der Waals surface area contributed by atoms with Gasteiger partial charge in [-0.3, -0.25) is 0 Å². The van der Waals surface area contributed by atoms with Gasteiger partial charge in [0.15, 0.2) is 0 Å². The summed E-state index contributed by atoms with van der Waals surface area (Å²) in [5, 5.41) is 0. The lowest BCUT2D eigenvalue weighted by molar-refractivity contribution is 0.0123. The Kier molecular flexibility index (Phi) is 4.38. The molecule has 1 aromatic rings. The zero-order chi connectivity index (χ0) is 12.2. The quantitative estimate of drug-likeness (QED) is 0.829. The first-order chi connectivity index (χ1) is 7.44. The maximum Gasteiger partial charge on any atom is 0.144 e. The number of nitrogens with zero attached hydrogens (tertiary/aromatic N) is 2. The van der Waals surface area contributed by atoms with Gasteiger partial charge >= 0.3 is 0 Å². The van der Waals surface area contributed by atoms with Gasteiger partial charge in [0.25, 0.3) is 0 Å². The molecule has 0 saturated heterocycles. The molecule has 0 amide bonds. The number of ether oxygens (including phenoxy) is 1. The van der Waals surface area contributed by atoms with E-state index in [1.54, 1.807) is 19.5 Å². The van der Waals surface area contributed by atoms with Crippen molar-refractivity contribution in [1.29, 1.82) is 0 Å². The summed E-state index contributed by atoms with van der Waals surface area (Å²) in [5.74, 6) is 0.706. The van der Waals surface area contributed by atoms with Gasteiger partial charge in [-0.15, -0.1) is 0 Å². The molecule has 0 radical (unpaired) electrons. The van der Waals surface area contributed by atoms with Crippen LogP contribution in [0.2, 0.25) is 0 Å². The molecule has 1 atom stereocenters. The normalized spacial score (nSPS) is 13.8. The highest BCUT2D eigenvalue weighted by atomic mass is 16.5. The first-order valence-corrected chi connectivity index (χ1v) is 5.54. The van der Waals surface area contributed by atoms with Gasteiger partial charge in [0, 0.05) is 19.5 Å². The van der Waals surface area contributed by atoms with E-state index in [1.807, 2.05) is 6.92 Å². The molecular formula is C12H21N3O. The van der Waals surface area contributed by atoms with Crippen LogP contribution >= 0.6 is 0 Å². The Balaban J connectivity index is 2.53. The van der Waals surface area contributed by atoms with Crippen LogP contribution in [0.1, 0.15) is 44.1 Å². The zero-order valence-electron chi connectivity index (χ0n) is 10.5. The van der Waals surface area contributed by atoms with Crippen LogP contribution in [-0.4, -0.2) is 22.7 Å². The Bertz CT molecular complexity index is 322. The maximum atomic E-state index is 6.03. The second-order valence-electron chi connectivity index (χ2n) is 4.73. The molecule has 2 N–H and O–H groups in total. The average Bonchev–Trinajstić information content (AvgIpc) is 2.27. The van der Waals surface area contributed by atoms with Gasteiger partial charge in [-0.2, -0.15) is 0 Å². The van der Waals surface area contributed by atoms with E-state index in [-0.39, 0.29) is 11.6 Å². The average molecular weight is 223 g/mol. The second kappa shape index (κ2) is 5.37. The number of aryl methyl sites for hydroxylation is 1. The van der Waals surface area contributed by atoms with Crippen molar-refractivity contribution in [2.24, 2.45) is 5.73 Å². The molecule has 1 heterocycles. The van der Waals surface area contributed by atoms with Gasteiger partial charge in [0.05, 0.1) is 11.6 Å². The molecule has 0 spiro atoms. The fourth-order valence-corrected chi connectivity index (χ4v) is 1.33. The zero-order valence-corrected chi connectivity index (χ0v) is 10.5. The Labute approximate surface area is 97.2 Å². The SMILES string of the molecule is COC(C)(C)CCC(N)c1ncc(C)cn1. The number of hydrogen-bond donors (Lipinski definition) is 1. The predicted molar refractivity (Wildman–Crippen MR) is 64.0 cm³/mol. The van der Waals surface area contributed by atoms with Gasteiger partial charge in [-0.05, 0) is 39.2 Å². The van der Waals surface area contributed by atoms with Crippen LogP contribution in [-0.2, 0) is 4.74 Å². The van der Waals surface area contributed by atoms with Crippen LogP contribution < -0.4 is 5.73 Å². The number of rotatable bonds is 5. The molecule has 0 aliphatic rings. The highest BCUT2D eigenvalue weighted by molar-refractivity contribution is 5.04. The molecule has 16 heavy (non-hydrogen) atoms. The van der Waals surface area contributed by atoms with Crippen LogP contribution in [0.4, 0.5) is 0 Å². The van der Waals surface area contributed by atoms with Crippen LogP contribution in [0.15, 0.2) is 12.4 Å². The summed E-state index contributed by atoms with van der Waals surface area (Å²) in [6.45, 7) is 6.06. The summed E-state index contributed by atoms with van der Waals surface area (Å²) < 4.78 is 5.35. The Morgan fingerprint density at radius 2 is 1.94 bits per heavy atom. The van der Waals surface area contributed by atoms with Crippen LogP contribution in [0.3, 0.4) is 0 Å². The van der Waals surface area contributed by atoms with Crippen LogP contribution in [0.5, 0.6) is 0 Å². The minimum absolute atomic E-state index is 0.116. The number of methoxy groups -OCH3 is 1. The molecule has 0 saturated carbocycles. The highest BCUT2D eigenvalue weighted by Crippen LogP contribution is 2.20. The molecular weight excluding hydrogens is 202 g/mol. The molecule has 0 bridgehead atoms. The minimum atomic E-state index is -0.137. The van der Waals surface area contributed by atoms with E-state index in [9.17, 15) is 0 Å². The fourth-order valence-electron chi connectivity index (χ4n) is 1.33. The maximum absolute atomic E-state index is 6.03. The summed E-state index contributed by atoms with van der Waals surface area (Å²) in [5.41, 5.74) is 6.94. The lowest BCUT2D eigenvalue weighted by Crippen LogP contribution is -2.25. The summed E-state index contributed by atoms with van der Waals surface area (Å²) in [7, 11) is 1.72. The van der Waals surface area contributed by atoms with E-state index in [0.717, 1.165) is 18.4 Å². The molecule has 4 heteroatoms. The van der Waals surface area contributed by atoms with Crippen molar-refractivity contribution < 1.29 is 4.74 Å². The van der Waals surface area contributed by atoms with Crippen molar-refractivity contribution in [1.82, 2.24) is 9.97 Å². The summed E-state index contributed by atoms with van der Waals surface area (Å²) in [4.78, 5) is 8.46. The highest BCUT2D eigenvalue weighted by Gasteiger charge is 2.19. The lowest BCUT2D eigenvalue weighted by atomic mass is 9.99. The van der Waals surface area contributed by atoms with Gasteiger partial charge < -0.3 is 10.5 Å². The monoisotopic (exact) mass is 223 g/mol. The van der Waals surface area contributed by atoms with Gasteiger partial charge in [0.1, 0.15) is 5.82 Å². The summed E-state index contributed by atoms with van der Waals surface area (Å²) in [6.07, 6.45) is 5.30. The molecule has 1 rings (SSSR count). The van der Waals surface area contributed by atoms with Gasteiger partial charge in [-0.25, -0.2) is 9.97 Å². The number of hydrogen-bond acceptors (Lipinski definition) is 4. The van der Waals surface area contributed by atoms with Crippen molar-refractivity contribution >= 4 is 0 Å². The Morgan fingerprint density at radius 1 is 1.38 bits per heavy atom. The first kappa shape index (κ1) is 13.1. The molecule has 1 aromatic heterocycles. The van der Waals surface area contributed by atoms with E-state index in [4.69, 9.17) is 10.5 Å². The largest absolute Gasteiger partial charge is 0.379 e. The molecule has 90 valence electrons. The Hall–Kier alpha value is -1.00. The van der Waals surface area contributed by atoms with E-state index < -0.39 is 0 Å². The molecule has 0 fully saturated rings. The second-order valence-corrected chi connectivity index (χ2v) is 4.73. The minimum Gasteiger partial charge on any atom is -0.379 e. The number of aromatic nitrogens is 2. The fraction of sp³-hybridized carbons (Fsp3) is 0.667. The van der Waals surface area contributed by atoms with E-state index >= 15 is 0 Å². The van der Waals surface area contributed by atoms with Crippen molar-refractivity contribution in [3.05, 3.63) is 23.8 Å². The third-order valence-electron chi connectivity index (χ3n) is 2.74. The molecule has 4 nitrogen and oxygen atoms in total. The summed E-state index contributed by atoms with van der Waals surface area (Å²) >= 11 is 0. The molecule has 0 aromatic carbocycles. The lowest BCUT2D eigenvalue weighted by Gasteiger charge is -2.24. The topological polar surface area (TPSA) is 61.0 Å². The van der Waals surface area contributed by atoms with Crippen molar-refractivity contribution in [3.63, 3.8) is 0 Å². The molecule has 0 aliphatic carbocycles. The molecule has 1 unspecified atom stereocenters. The third-order valence-corrected chi connectivity index (χ3v) is 2.74. The van der Waals surface area contributed by atoms with Gasteiger partial charge in [0.2, 0.25) is 0 Å². The van der Waals surface area contributed by atoms with E-state index in [0.29, 0.717) is 5.82 Å². The summed E-state index contributed by atoms with van der Waals surface area (Å²) in [6, 6.07) is -0.116. The van der Waals surface area contributed by atoms with Crippen molar-refractivity contribution in [3.8, 4) is 0 Å². The van der Waals surface area contributed by atoms with Crippen LogP contribution in [0, 0.1) is 6.92 Å². The van der Waals surface area contributed by atoms with Crippen molar-refractivity contribution in [2.75, 3.05) is 7.11 Å². The Morgan fingerprint density at radius 3 is 2.44 bits per heavy atom.